The van der Waals surface area contributed by atoms with Gasteiger partial charge in [-0.3, -0.25) is 0 Å². The third-order valence-corrected chi connectivity index (χ3v) is 5.33. The van der Waals surface area contributed by atoms with Crippen LogP contribution >= 0.6 is 0 Å². The molecule has 6 nitrogen and oxygen atoms in total. The fraction of sp³-hybridized carbons (Fsp3) is 0.278. The first-order valence-corrected chi connectivity index (χ1v) is 9.67. The van der Waals surface area contributed by atoms with Gasteiger partial charge in [-0.05, 0) is 37.0 Å². The number of nitrogens with two attached hydrogens (primary N) is 1. The van der Waals surface area contributed by atoms with Gasteiger partial charge < -0.3 is 10.0 Å². The van der Waals surface area contributed by atoms with Crippen molar-refractivity contribution in [1.29, 1.82) is 0 Å². The predicted octanol–water partition coefficient (Wildman–Crippen LogP) is 2.69. The summed E-state index contributed by atoms with van der Waals surface area (Å²) in [6, 6.07) is 11.8. The van der Waals surface area contributed by atoms with E-state index in [2.05, 4.69) is 0 Å². The number of benzene rings is 2. The van der Waals surface area contributed by atoms with Crippen molar-refractivity contribution < 1.29 is 18.3 Å². The van der Waals surface area contributed by atoms with E-state index in [1.54, 1.807) is 18.2 Å². The van der Waals surface area contributed by atoms with Gasteiger partial charge in [0.2, 0.25) is 10.0 Å². The Hall–Kier alpha value is -2.38. The molecule has 1 aliphatic rings. The standard InChI is InChI=1S/C18H20N2O4S/c19-25(23,24)16-12-14(18(21)22)11-15(20-9-5-2-6-10-20)17(16)13-7-3-1-4-8-13/h1,3-4,7-8,11-12H,2,5-6,9-10H2,(H,21,22)(H2,19,23,24). The van der Waals surface area contributed by atoms with Crippen LogP contribution in [0.15, 0.2) is 47.4 Å². The first kappa shape index (κ1) is 17.4. The van der Waals surface area contributed by atoms with E-state index < -0.39 is 16.0 Å². The van der Waals surface area contributed by atoms with E-state index in [0.29, 0.717) is 16.8 Å². The second kappa shape index (κ2) is 6.85. The molecule has 0 unspecified atom stereocenters. The Morgan fingerprint density at radius 3 is 2.24 bits per heavy atom. The summed E-state index contributed by atoms with van der Waals surface area (Å²) < 4.78 is 24.4. The molecule has 2 aromatic carbocycles. The van der Waals surface area contributed by atoms with Gasteiger partial charge in [-0.25, -0.2) is 18.4 Å². The number of carboxylic acid groups (broad SMARTS) is 1. The van der Waals surface area contributed by atoms with Crippen molar-refractivity contribution in [2.45, 2.75) is 24.2 Å². The quantitative estimate of drug-likeness (QED) is 0.873. The number of nitrogens with zero attached hydrogens (tertiary/aromatic N) is 1. The van der Waals surface area contributed by atoms with Crippen LogP contribution in [0.2, 0.25) is 0 Å². The third kappa shape index (κ3) is 3.67. The molecule has 2 aromatic rings. The second-order valence-corrected chi connectivity index (χ2v) is 7.66. The lowest BCUT2D eigenvalue weighted by atomic mass is 9.99. The molecular formula is C18H20N2O4S. The molecule has 0 atom stereocenters. The number of sulfonamides is 1. The highest BCUT2D eigenvalue weighted by Crippen LogP contribution is 2.38. The summed E-state index contributed by atoms with van der Waals surface area (Å²) in [5.74, 6) is -1.18. The number of rotatable bonds is 4. The number of carboxylic acids is 1. The monoisotopic (exact) mass is 360 g/mol. The number of carbonyl (C=O) groups is 1. The SMILES string of the molecule is NS(=O)(=O)c1cc(C(=O)O)cc(N2CCCCC2)c1-c1ccccc1. The summed E-state index contributed by atoms with van der Waals surface area (Å²) in [6.07, 6.45) is 3.07. The molecule has 3 N–H and O–H groups in total. The van der Waals surface area contributed by atoms with Crippen molar-refractivity contribution in [3.8, 4) is 11.1 Å². The van der Waals surface area contributed by atoms with Crippen molar-refractivity contribution in [2.24, 2.45) is 5.14 Å². The maximum Gasteiger partial charge on any atom is 0.335 e. The summed E-state index contributed by atoms with van der Waals surface area (Å²) in [6.45, 7) is 1.51. The molecule has 0 radical (unpaired) electrons. The molecule has 1 heterocycles. The van der Waals surface area contributed by atoms with Gasteiger partial charge in [0.05, 0.1) is 10.5 Å². The third-order valence-electron chi connectivity index (χ3n) is 4.39. The van der Waals surface area contributed by atoms with Gasteiger partial charge in [0, 0.05) is 24.3 Å². The summed E-state index contributed by atoms with van der Waals surface area (Å²) in [5, 5.41) is 14.8. The van der Waals surface area contributed by atoms with Gasteiger partial charge in [0.15, 0.2) is 0 Å². The van der Waals surface area contributed by atoms with Crippen molar-refractivity contribution >= 4 is 21.7 Å². The van der Waals surface area contributed by atoms with E-state index >= 15 is 0 Å². The molecular weight excluding hydrogens is 340 g/mol. The van der Waals surface area contributed by atoms with E-state index in [4.69, 9.17) is 5.14 Å². The Morgan fingerprint density at radius 2 is 1.68 bits per heavy atom. The van der Waals surface area contributed by atoms with Crippen LogP contribution in [0.4, 0.5) is 5.69 Å². The average molecular weight is 360 g/mol. The Morgan fingerprint density at radius 1 is 1.04 bits per heavy atom. The van der Waals surface area contributed by atoms with Crippen LogP contribution in [0.1, 0.15) is 29.6 Å². The Labute approximate surface area is 146 Å². The Balaban J connectivity index is 2.33. The maximum atomic E-state index is 12.2. The Bertz CT molecular complexity index is 889. The molecule has 132 valence electrons. The van der Waals surface area contributed by atoms with E-state index in [1.165, 1.54) is 0 Å². The van der Waals surface area contributed by atoms with Gasteiger partial charge >= 0.3 is 5.97 Å². The number of piperidine rings is 1. The largest absolute Gasteiger partial charge is 0.478 e. The van der Waals surface area contributed by atoms with Gasteiger partial charge in [0.25, 0.3) is 0 Å². The molecule has 0 saturated carbocycles. The summed E-state index contributed by atoms with van der Waals surface area (Å²) >= 11 is 0. The normalized spacial score (nSPS) is 15.2. The lowest BCUT2D eigenvalue weighted by Gasteiger charge is -2.31. The van der Waals surface area contributed by atoms with Crippen LogP contribution in [0.5, 0.6) is 0 Å². The first-order valence-electron chi connectivity index (χ1n) is 8.12. The topological polar surface area (TPSA) is 101 Å². The molecule has 1 saturated heterocycles. The van der Waals surface area contributed by atoms with E-state index in [-0.39, 0.29) is 10.5 Å². The highest BCUT2D eigenvalue weighted by molar-refractivity contribution is 7.89. The second-order valence-electron chi connectivity index (χ2n) is 6.13. The molecule has 25 heavy (non-hydrogen) atoms. The molecule has 0 aliphatic carbocycles. The van der Waals surface area contributed by atoms with Crippen LogP contribution < -0.4 is 10.0 Å². The average Bonchev–Trinajstić information content (AvgIpc) is 2.61. The van der Waals surface area contributed by atoms with Gasteiger partial charge in [-0.2, -0.15) is 0 Å². The van der Waals surface area contributed by atoms with Crippen molar-refractivity contribution in [3.05, 3.63) is 48.0 Å². The van der Waals surface area contributed by atoms with Crippen LogP contribution in [0, 0.1) is 0 Å². The minimum atomic E-state index is -4.09. The van der Waals surface area contributed by atoms with E-state index in [9.17, 15) is 18.3 Å². The lowest BCUT2D eigenvalue weighted by Crippen LogP contribution is -2.30. The lowest BCUT2D eigenvalue weighted by molar-refractivity contribution is 0.0696. The summed E-state index contributed by atoms with van der Waals surface area (Å²) in [4.78, 5) is 13.4. The number of hydrogen-bond acceptors (Lipinski definition) is 4. The fourth-order valence-corrected chi connectivity index (χ4v) is 4.03. The van der Waals surface area contributed by atoms with Crippen molar-refractivity contribution in [2.75, 3.05) is 18.0 Å². The van der Waals surface area contributed by atoms with Crippen molar-refractivity contribution in [3.63, 3.8) is 0 Å². The number of anilines is 1. The zero-order chi connectivity index (χ0) is 18.0. The summed E-state index contributed by atoms with van der Waals surface area (Å²) in [5.41, 5.74) is 1.69. The van der Waals surface area contributed by atoms with Crippen LogP contribution in [0.3, 0.4) is 0 Å². The fourth-order valence-electron chi connectivity index (χ4n) is 3.23. The smallest absolute Gasteiger partial charge is 0.335 e. The highest BCUT2D eigenvalue weighted by Gasteiger charge is 2.25. The van der Waals surface area contributed by atoms with Crippen LogP contribution in [-0.2, 0) is 10.0 Å². The zero-order valence-corrected chi connectivity index (χ0v) is 14.5. The van der Waals surface area contributed by atoms with Crippen LogP contribution in [-0.4, -0.2) is 32.6 Å². The molecule has 0 bridgehead atoms. The first-order chi connectivity index (χ1) is 11.9. The predicted molar refractivity (Wildman–Crippen MR) is 96.3 cm³/mol. The molecule has 0 spiro atoms. The van der Waals surface area contributed by atoms with Gasteiger partial charge in [-0.1, -0.05) is 30.3 Å². The number of primary sulfonamides is 1. The molecule has 3 rings (SSSR count). The van der Waals surface area contributed by atoms with Crippen LogP contribution in [0.25, 0.3) is 11.1 Å². The molecule has 1 aliphatic heterocycles. The molecule has 1 fully saturated rings. The highest BCUT2D eigenvalue weighted by atomic mass is 32.2. The van der Waals surface area contributed by atoms with Gasteiger partial charge in [0.1, 0.15) is 0 Å². The number of aromatic carboxylic acids is 1. The van der Waals surface area contributed by atoms with Crippen molar-refractivity contribution in [1.82, 2.24) is 0 Å². The maximum absolute atomic E-state index is 12.2. The zero-order valence-electron chi connectivity index (χ0n) is 13.7. The van der Waals surface area contributed by atoms with E-state index in [0.717, 1.165) is 38.4 Å². The molecule has 0 aromatic heterocycles. The van der Waals surface area contributed by atoms with E-state index in [1.807, 2.05) is 23.1 Å². The Kier molecular flexibility index (Phi) is 4.78. The number of hydrogen-bond donors (Lipinski definition) is 2. The minimum Gasteiger partial charge on any atom is -0.478 e. The molecule has 0 amide bonds. The summed E-state index contributed by atoms with van der Waals surface area (Å²) in [7, 11) is -4.09. The molecule has 7 heteroatoms. The minimum absolute atomic E-state index is 0.0794. The van der Waals surface area contributed by atoms with Gasteiger partial charge in [-0.15, -0.1) is 0 Å².